The van der Waals surface area contributed by atoms with Crippen LogP contribution in [0, 0.1) is 0 Å². The molecular formula is C52H59N13O6. The van der Waals surface area contributed by atoms with Crippen molar-refractivity contribution in [1.29, 1.82) is 0 Å². The number of imidazole rings is 1. The van der Waals surface area contributed by atoms with Gasteiger partial charge in [-0.05, 0) is 106 Å². The van der Waals surface area contributed by atoms with Gasteiger partial charge in [0.15, 0.2) is 5.82 Å². The molecule has 3 N–H and O–H groups in total. The van der Waals surface area contributed by atoms with Gasteiger partial charge in [0.1, 0.15) is 29.5 Å². The summed E-state index contributed by atoms with van der Waals surface area (Å²) in [6.07, 6.45) is 6.65. The largest absolute Gasteiger partial charge is 0.491 e. The van der Waals surface area contributed by atoms with E-state index in [2.05, 4.69) is 45.7 Å². The standard InChI is InChI=1S/C52H59N13O6/c1-6-36-26-44-45(58-49(36)66)24-35(27-54-44)29-61-20-22-62(23-21-61)40-12-15-43(55-28-40)50(67)53-17-19-64-30-39(59-60-64)32-70-42-9-7-8-37(25-42)52(69)63-18-16-47-46(31-63)57-48(65(47)33(2)3)51(68)56-38-10-13-41(14-11-38)71-34(4)5/h7-15,24-28,30,33-34H,6,16-23,29,31-32H2,1-5H3,(H,53,67)(H,56,68)(H,58,66). The van der Waals surface area contributed by atoms with Crippen molar-refractivity contribution in [3.63, 3.8) is 0 Å². The molecule has 5 aromatic heterocycles. The molecule has 7 heterocycles. The predicted molar refractivity (Wildman–Crippen MR) is 268 cm³/mol. The highest BCUT2D eigenvalue weighted by Crippen LogP contribution is 2.27. The fraction of sp³-hybridized carbons (Fsp3) is 0.365. The number of fused-ring (bicyclic) bond motifs is 2. The first-order valence-corrected chi connectivity index (χ1v) is 24.2. The van der Waals surface area contributed by atoms with Crippen molar-refractivity contribution >= 4 is 40.1 Å². The van der Waals surface area contributed by atoms with E-state index in [9.17, 15) is 19.2 Å². The van der Waals surface area contributed by atoms with Crippen LogP contribution in [0.1, 0.15) is 100 Å². The summed E-state index contributed by atoms with van der Waals surface area (Å²) >= 11 is 0. The molecule has 19 nitrogen and oxygen atoms in total. The lowest BCUT2D eigenvalue weighted by Gasteiger charge is -2.36. The van der Waals surface area contributed by atoms with Crippen LogP contribution in [-0.4, -0.2) is 112 Å². The van der Waals surface area contributed by atoms with E-state index in [0.717, 1.165) is 72.0 Å². The van der Waals surface area contributed by atoms with Crippen LogP contribution in [0.4, 0.5) is 11.4 Å². The first-order chi connectivity index (χ1) is 34.4. The maximum absolute atomic E-state index is 13.8. The SMILES string of the molecule is CCc1cc2ncc(CN3CCN(c4ccc(C(=O)NCCn5cc(COc6cccc(C(=O)N7CCc8c(nc(C(=O)Nc9ccc(OC(C)C)cc9)n8C(C)C)C7)c6)nn5)nc4)CC3)cc2[nH]c1=O. The van der Waals surface area contributed by atoms with Crippen LogP contribution in [0.3, 0.4) is 0 Å². The maximum atomic E-state index is 13.8. The number of amides is 3. The van der Waals surface area contributed by atoms with Crippen LogP contribution >= 0.6 is 0 Å². The van der Waals surface area contributed by atoms with Crippen LogP contribution < -0.4 is 30.6 Å². The third-order valence-electron chi connectivity index (χ3n) is 12.6. The van der Waals surface area contributed by atoms with Crippen LogP contribution in [0.5, 0.6) is 11.5 Å². The van der Waals surface area contributed by atoms with Gasteiger partial charge in [0, 0.05) is 87.0 Å². The molecule has 2 aliphatic heterocycles. The van der Waals surface area contributed by atoms with Crippen LogP contribution in [-0.2, 0) is 39.1 Å². The molecule has 0 unspecified atom stereocenters. The van der Waals surface area contributed by atoms with Crippen molar-refractivity contribution < 1.29 is 23.9 Å². The highest BCUT2D eigenvalue weighted by molar-refractivity contribution is 6.02. The number of rotatable bonds is 17. The Morgan fingerprint density at radius 2 is 1.69 bits per heavy atom. The van der Waals surface area contributed by atoms with Crippen molar-refractivity contribution in [3.05, 3.63) is 147 Å². The number of hydrogen-bond acceptors (Lipinski definition) is 13. The van der Waals surface area contributed by atoms with E-state index in [1.165, 1.54) is 0 Å². The summed E-state index contributed by atoms with van der Waals surface area (Å²) in [7, 11) is 0. The lowest BCUT2D eigenvalue weighted by atomic mass is 10.1. The molecule has 1 saturated heterocycles. The number of H-pyrrole nitrogens is 1. The number of piperazine rings is 1. The van der Waals surface area contributed by atoms with Crippen molar-refractivity contribution in [2.24, 2.45) is 0 Å². The fourth-order valence-corrected chi connectivity index (χ4v) is 8.96. The van der Waals surface area contributed by atoms with Gasteiger partial charge in [-0.1, -0.05) is 18.2 Å². The molecular weight excluding hydrogens is 903 g/mol. The Morgan fingerprint density at radius 1 is 0.873 bits per heavy atom. The summed E-state index contributed by atoms with van der Waals surface area (Å²) in [6.45, 7) is 15.5. The summed E-state index contributed by atoms with van der Waals surface area (Å²) in [5, 5.41) is 14.3. The minimum absolute atomic E-state index is 0.0153. The Hall–Kier alpha value is -7.93. The number of nitrogens with one attached hydrogen (secondary N) is 3. The maximum Gasteiger partial charge on any atom is 0.291 e. The van der Waals surface area contributed by atoms with E-state index in [1.54, 1.807) is 64.4 Å². The van der Waals surface area contributed by atoms with Crippen LogP contribution in [0.25, 0.3) is 11.0 Å². The minimum Gasteiger partial charge on any atom is -0.491 e. The highest BCUT2D eigenvalue weighted by Gasteiger charge is 2.31. The lowest BCUT2D eigenvalue weighted by Crippen LogP contribution is -2.46. The molecule has 3 amide bonds. The third kappa shape index (κ3) is 11.4. The molecule has 19 heteroatoms. The van der Waals surface area contributed by atoms with E-state index in [-0.39, 0.29) is 48.6 Å². The van der Waals surface area contributed by atoms with Gasteiger partial charge in [-0.15, -0.1) is 5.10 Å². The Kier molecular flexibility index (Phi) is 14.5. The smallest absolute Gasteiger partial charge is 0.291 e. The van der Waals surface area contributed by atoms with Crippen LogP contribution in [0.2, 0.25) is 0 Å². The molecule has 368 valence electrons. The zero-order chi connectivity index (χ0) is 49.6. The molecule has 0 bridgehead atoms. The second-order valence-electron chi connectivity index (χ2n) is 18.4. The third-order valence-corrected chi connectivity index (χ3v) is 12.6. The number of ether oxygens (including phenoxy) is 2. The van der Waals surface area contributed by atoms with Crippen LogP contribution in [0.15, 0.2) is 96.2 Å². The topological polar surface area (TPSA) is 211 Å². The van der Waals surface area contributed by atoms with Crippen molar-refractivity contribution in [1.82, 2.24) is 54.6 Å². The minimum atomic E-state index is -0.321. The number of pyridine rings is 3. The van der Waals surface area contributed by atoms with Crippen molar-refractivity contribution in [2.45, 2.75) is 85.8 Å². The average Bonchev–Trinajstić information content (AvgIpc) is 4.01. The lowest BCUT2D eigenvalue weighted by molar-refractivity contribution is 0.0730. The van der Waals surface area contributed by atoms with E-state index in [1.807, 2.05) is 75.7 Å². The number of nitrogens with zero attached hydrogens (tertiary/aromatic N) is 10. The molecule has 7 aromatic rings. The molecule has 9 rings (SSSR count). The van der Waals surface area contributed by atoms with Gasteiger partial charge in [0.2, 0.25) is 0 Å². The summed E-state index contributed by atoms with van der Waals surface area (Å²) in [4.78, 5) is 75.8. The summed E-state index contributed by atoms with van der Waals surface area (Å²) in [5.74, 6) is 0.762. The van der Waals surface area contributed by atoms with Gasteiger partial charge in [-0.3, -0.25) is 33.7 Å². The number of aryl methyl sites for hydroxylation is 1. The Labute approximate surface area is 411 Å². The normalized spacial score (nSPS) is 14.0. The van der Waals surface area contributed by atoms with Gasteiger partial charge in [0.05, 0.1) is 54.0 Å². The zero-order valence-corrected chi connectivity index (χ0v) is 40.7. The van der Waals surface area contributed by atoms with Crippen molar-refractivity contribution in [3.8, 4) is 11.5 Å². The molecule has 0 atom stereocenters. The van der Waals surface area contributed by atoms with Gasteiger partial charge in [-0.25, -0.2) is 9.97 Å². The molecule has 71 heavy (non-hydrogen) atoms. The molecule has 1 fully saturated rings. The second-order valence-corrected chi connectivity index (χ2v) is 18.4. The van der Waals surface area contributed by atoms with Gasteiger partial charge in [0.25, 0.3) is 23.3 Å². The van der Waals surface area contributed by atoms with E-state index >= 15 is 0 Å². The molecule has 0 saturated carbocycles. The molecule has 0 aliphatic carbocycles. The summed E-state index contributed by atoms with van der Waals surface area (Å²) in [6, 6.07) is 21.8. The first-order valence-electron chi connectivity index (χ1n) is 24.2. The number of aromatic nitrogens is 8. The fourth-order valence-electron chi connectivity index (χ4n) is 8.96. The summed E-state index contributed by atoms with van der Waals surface area (Å²) < 4.78 is 15.4. The number of benzene rings is 2. The number of aromatic amines is 1. The van der Waals surface area contributed by atoms with Crippen molar-refractivity contribution in [2.75, 3.05) is 49.5 Å². The number of anilines is 2. The Morgan fingerprint density at radius 3 is 2.44 bits per heavy atom. The predicted octanol–water partition coefficient (Wildman–Crippen LogP) is 5.82. The first kappa shape index (κ1) is 48.1. The van der Waals surface area contributed by atoms with E-state index in [0.29, 0.717) is 72.4 Å². The molecule has 2 aromatic carbocycles. The Bertz CT molecular complexity index is 3080. The monoisotopic (exact) mass is 961 g/mol. The summed E-state index contributed by atoms with van der Waals surface area (Å²) in [5.41, 5.74) is 7.90. The number of carbonyl (C=O) groups is 3. The van der Waals surface area contributed by atoms with Gasteiger partial charge in [-0.2, -0.15) is 0 Å². The average molecular weight is 962 g/mol. The molecule has 2 aliphatic rings. The van der Waals surface area contributed by atoms with E-state index in [4.69, 9.17) is 14.5 Å². The van der Waals surface area contributed by atoms with E-state index < -0.39 is 0 Å². The Balaban J connectivity index is 0.712. The molecule has 0 spiro atoms. The molecule has 0 radical (unpaired) electrons. The van der Waals surface area contributed by atoms with Gasteiger partial charge < -0.3 is 39.5 Å². The second kappa shape index (κ2) is 21.4. The quantitative estimate of drug-likeness (QED) is 0.0984. The number of hydrogen-bond donors (Lipinski definition) is 3. The number of carbonyl (C=O) groups excluding carboxylic acids is 3. The highest BCUT2D eigenvalue weighted by atomic mass is 16.5. The zero-order valence-electron chi connectivity index (χ0n) is 40.7. The van der Waals surface area contributed by atoms with Gasteiger partial charge >= 0.3 is 0 Å².